The number of carboxylic acid groups (broad SMARTS) is 1. The first kappa shape index (κ1) is 13.1. The SMILES string of the molecule is Nc1cn(-c2ccc(S(N)(=O)=O)cc2)nc1C(=O)O. The van der Waals surface area contributed by atoms with Crippen molar-refractivity contribution in [3.8, 4) is 5.69 Å². The number of carboxylic acids is 1. The van der Waals surface area contributed by atoms with Crippen LogP contribution in [-0.4, -0.2) is 29.3 Å². The third kappa shape index (κ3) is 2.56. The molecule has 1 heterocycles. The molecule has 5 N–H and O–H groups in total. The number of aromatic carboxylic acids is 1. The molecule has 0 radical (unpaired) electrons. The molecule has 0 saturated carbocycles. The summed E-state index contributed by atoms with van der Waals surface area (Å²) >= 11 is 0. The molecule has 0 fully saturated rings. The highest BCUT2D eigenvalue weighted by Crippen LogP contribution is 2.16. The Labute approximate surface area is 108 Å². The summed E-state index contributed by atoms with van der Waals surface area (Å²) in [5, 5.41) is 17.6. The van der Waals surface area contributed by atoms with Crippen LogP contribution in [0, 0.1) is 0 Å². The smallest absolute Gasteiger partial charge is 0.358 e. The summed E-state index contributed by atoms with van der Waals surface area (Å²) in [6, 6.07) is 5.47. The van der Waals surface area contributed by atoms with E-state index >= 15 is 0 Å². The molecule has 0 bridgehead atoms. The summed E-state index contributed by atoms with van der Waals surface area (Å²) in [5.74, 6) is -1.24. The Balaban J connectivity index is 2.43. The Hall–Kier alpha value is -2.39. The predicted octanol–water partition coefficient (Wildman–Crippen LogP) is -0.200. The lowest BCUT2D eigenvalue weighted by atomic mass is 10.3. The van der Waals surface area contributed by atoms with Gasteiger partial charge in [-0.25, -0.2) is 23.0 Å². The molecular weight excluding hydrogens is 272 g/mol. The molecule has 0 unspecified atom stereocenters. The van der Waals surface area contributed by atoms with E-state index < -0.39 is 16.0 Å². The molecule has 100 valence electrons. The first-order valence-corrected chi connectivity index (χ1v) is 6.55. The van der Waals surface area contributed by atoms with Crippen LogP contribution < -0.4 is 10.9 Å². The number of anilines is 1. The molecule has 0 atom stereocenters. The Morgan fingerprint density at radius 2 is 1.84 bits per heavy atom. The molecule has 0 aliphatic heterocycles. The Kier molecular flexibility index (Phi) is 3.00. The van der Waals surface area contributed by atoms with Gasteiger partial charge in [0.25, 0.3) is 0 Å². The van der Waals surface area contributed by atoms with E-state index in [0.717, 1.165) is 0 Å². The minimum atomic E-state index is -3.77. The number of sulfonamides is 1. The van der Waals surface area contributed by atoms with Crippen molar-refractivity contribution in [1.82, 2.24) is 9.78 Å². The second-order valence-electron chi connectivity index (χ2n) is 3.72. The molecule has 0 saturated heterocycles. The second-order valence-corrected chi connectivity index (χ2v) is 5.28. The van der Waals surface area contributed by atoms with Gasteiger partial charge in [-0.05, 0) is 24.3 Å². The van der Waals surface area contributed by atoms with E-state index in [9.17, 15) is 13.2 Å². The molecule has 0 amide bonds. The highest BCUT2D eigenvalue weighted by Gasteiger charge is 2.14. The van der Waals surface area contributed by atoms with Crippen LogP contribution in [0.3, 0.4) is 0 Å². The van der Waals surface area contributed by atoms with E-state index in [4.69, 9.17) is 16.0 Å². The fourth-order valence-corrected chi connectivity index (χ4v) is 1.99. The molecule has 19 heavy (non-hydrogen) atoms. The summed E-state index contributed by atoms with van der Waals surface area (Å²) in [7, 11) is -3.77. The van der Waals surface area contributed by atoms with Gasteiger partial charge in [0, 0.05) is 0 Å². The Morgan fingerprint density at radius 3 is 2.26 bits per heavy atom. The zero-order valence-corrected chi connectivity index (χ0v) is 10.3. The van der Waals surface area contributed by atoms with Crippen LogP contribution in [-0.2, 0) is 10.0 Å². The lowest BCUT2D eigenvalue weighted by Gasteiger charge is -2.02. The number of nitrogens with two attached hydrogens (primary N) is 2. The highest BCUT2D eigenvalue weighted by atomic mass is 32.2. The van der Waals surface area contributed by atoms with Crippen LogP contribution in [0.2, 0.25) is 0 Å². The zero-order chi connectivity index (χ0) is 14.2. The molecule has 0 aliphatic rings. The van der Waals surface area contributed by atoms with Gasteiger partial charge in [0.15, 0.2) is 5.69 Å². The van der Waals surface area contributed by atoms with Gasteiger partial charge in [-0.3, -0.25) is 0 Å². The molecule has 1 aromatic carbocycles. The summed E-state index contributed by atoms with van der Waals surface area (Å²) in [5.41, 5.74) is 5.71. The van der Waals surface area contributed by atoms with Crippen molar-refractivity contribution in [2.24, 2.45) is 5.14 Å². The van der Waals surface area contributed by atoms with Gasteiger partial charge in [-0.2, -0.15) is 5.10 Å². The lowest BCUT2D eigenvalue weighted by Crippen LogP contribution is -2.12. The van der Waals surface area contributed by atoms with Crippen molar-refractivity contribution >= 4 is 21.7 Å². The molecule has 0 spiro atoms. The van der Waals surface area contributed by atoms with Crippen LogP contribution in [0.15, 0.2) is 35.4 Å². The van der Waals surface area contributed by atoms with Gasteiger partial charge in [-0.1, -0.05) is 0 Å². The standard InChI is InChI=1S/C10H10N4O4S/c11-8-5-14(13-9(8)10(15)16)6-1-3-7(4-2-6)19(12,17)18/h1-5H,11H2,(H,15,16)(H2,12,17,18). The first-order chi connectivity index (χ1) is 8.79. The maximum Gasteiger partial charge on any atom is 0.358 e. The summed E-state index contributed by atoms with van der Waals surface area (Å²) in [6.45, 7) is 0. The van der Waals surface area contributed by atoms with Crippen molar-refractivity contribution < 1.29 is 18.3 Å². The van der Waals surface area contributed by atoms with E-state index in [1.54, 1.807) is 0 Å². The predicted molar refractivity (Wildman–Crippen MR) is 66.3 cm³/mol. The quantitative estimate of drug-likeness (QED) is 0.711. The first-order valence-electron chi connectivity index (χ1n) is 5.01. The molecule has 9 heteroatoms. The highest BCUT2D eigenvalue weighted by molar-refractivity contribution is 7.89. The third-order valence-corrected chi connectivity index (χ3v) is 3.30. The number of nitrogen functional groups attached to an aromatic ring is 1. The maximum atomic E-state index is 11.1. The number of rotatable bonds is 3. The average Bonchev–Trinajstić information content (AvgIpc) is 2.70. The van der Waals surface area contributed by atoms with E-state index in [2.05, 4.69) is 5.10 Å². The van der Waals surface area contributed by atoms with Crippen molar-refractivity contribution in [3.05, 3.63) is 36.2 Å². The van der Waals surface area contributed by atoms with E-state index in [0.29, 0.717) is 5.69 Å². The second kappa shape index (κ2) is 4.37. The van der Waals surface area contributed by atoms with Crippen molar-refractivity contribution in [2.45, 2.75) is 4.90 Å². The molecule has 2 aromatic rings. The minimum Gasteiger partial charge on any atom is -0.476 e. The maximum absolute atomic E-state index is 11.1. The van der Waals surface area contributed by atoms with Crippen molar-refractivity contribution in [3.63, 3.8) is 0 Å². The van der Waals surface area contributed by atoms with Crippen LogP contribution in [0.4, 0.5) is 5.69 Å². The van der Waals surface area contributed by atoms with E-state index in [-0.39, 0.29) is 16.3 Å². The number of hydrogen-bond donors (Lipinski definition) is 3. The van der Waals surface area contributed by atoms with Crippen LogP contribution >= 0.6 is 0 Å². The van der Waals surface area contributed by atoms with Crippen molar-refractivity contribution in [2.75, 3.05) is 5.73 Å². The van der Waals surface area contributed by atoms with Crippen molar-refractivity contribution in [1.29, 1.82) is 0 Å². The molecule has 8 nitrogen and oxygen atoms in total. The number of nitrogens with zero attached hydrogens (tertiary/aromatic N) is 2. The zero-order valence-electron chi connectivity index (χ0n) is 9.52. The summed E-state index contributed by atoms with van der Waals surface area (Å²) in [6.07, 6.45) is 1.33. The summed E-state index contributed by atoms with van der Waals surface area (Å²) in [4.78, 5) is 10.8. The van der Waals surface area contributed by atoms with Gasteiger partial charge in [0.2, 0.25) is 10.0 Å². The molecule has 1 aromatic heterocycles. The number of carbonyl (C=O) groups is 1. The van der Waals surface area contributed by atoms with Gasteiger partial charge >= 0.3 is 5.97 Å². The molecule has 2 rings (SSSR count). The van der Waals surface area contributed by atoms with Crippen LogP contribution in [0.1, 0.15) is 10.5 Å². The van der Waals surface area contributed by atoms with Gasteiger partial charge in [0.1, 0.15) is 0 Å². The van der Waals surface area contributed by atoms with E-state index in [1.807, 2.05) is 0 Å². The topological polar surface area (TPSA) is 141 Å². The number of aromatic nitrogens is 2. The normalized spacial score (nSPS) is 11.4. The average molecular weight is 282 g/mol. The van der Waals surface area contributed by atoms with Crippen LogP contribution in [0.25, 0.3) is 5.69 Å². The van der Waals surface area contributed by atoms with E-state index in [1.165, 1.54) is 35.1 Å². The van der Waals surface area contributed by atoms with Gasteiger partial charge < -0.3 is 10.8 Å². The third-order valence-electron chi connectivity index (χ3n) is 2.37. The number of benzene rings is 1. The lowest BCUT2D eigenvalue weighted by molar-refractivity contribution is 0.0691. The Morgan fingerprint density at radius 1 is 1.26 bits per heavy atom. The monoisotopic (exact) mass is 282 g/mol. The molecular formula is C10H10N4O4S. The number of primary sulfonamides is 1. The molecule has 0 aliphatic carbocycles. The summed E-state index contributed by atoms with van der Waals surface area (Å²) < 4.78 is 23.4. The minimum absolute atomic E-state index is 0.0167. The van der Waals surface area contributed by atoms with Gasteiger partial charge in [0.05, 0.1) is 22.5 Å². The fourth-order valence-electron chi connectivity index (χ4n) is 1.47. The Bertz CT molecular complexity index is 733. The number of hydrogen-bond acceptors (Lipinski definition) is 5. The van der Waals surface area contributed by atoms with Gasteiger partial charge in [-0.15, -0.1) is 0 Å². The largest absolute Gasteiger partial charge is 0.476 e. The fraction of sp³-hybridized carbons (Fsp3) is 0. The van der Waals surface area contributed by atoms with Crippen LogP contribution in [0.5, 0.6) is 0 Å².